The number of nitrogens with two attached hydrogens (primary N) is 1. The second kappa shape index (κ2) is 3.57. The Morgan fingerprint density at radius 3 is 2.36 bits per heavy atom. The maximum Gasteiger partial charge on any atom is 0.00672 e. The van der Waals surface area contributed by atoms with Crippen LogP contribution < -0.4 is 5.73 Å². The Morgan fingerprint density at radius 2 is 1.82 bits per heavy atom. The van der Waals surface area contributed by atoms with Gasteiger partial charge in [-0.05, 0) is 30.6 Å². The fourth-order valence-corrected chi connectivity index (χ4v) is 2.33. The average molecular weight is 155 g/mol. The summed E-state index contributed by atoms with van der Waals surface area (Å²) in [6.07, 6.45) is 3.92. The lowest BCUT2D eigenvalue weighted by Crippen LogP contribution is -2.39. The molecule has 1 aliphatic rings. The smallest absolute Gasteiger partial charge is 0.00672 e. The molecule has 1 heteroatoms. The fraction of sp³-hybridized carbons (Fsp3) is 1.00. The SMILES string of the molecule is CCC1CCC(N)C(C)C1C. The molecular weight excluding hydrogens is 134 g/mol. The van der Waals surface area contributed by atoms with Crippen molar-refractivity contribution in [3.05, 3.63) is 0 Å². The molecule has 0 spiro atoms. The normalized spacial score (nSPS) is 45.8. The van der Waals surface area contributed by atoms with E-state index in [2.05, 4.69) is 20.8 Å². The van der Waals surface area contributed by atoms with Crippen molar-refractivity contribution in [2.75, 3.05) is 0 Å². The molecule has 0 aromatic carbocycles. The topological polar surface area (TPSA) is 26.0 Å². The molecule has 0 amide bonds. The van der Waals surface area contributed by atoms with E-state index < -0.39 is 0 Å². The van der Waals surface area contributed by atoms with Gasteiger partial charge >= 0.3 is 0 Å². The maximum absolute atomic E-state index is 5.99. The quantitative estimate of drug-likeness (QED) is 0.618. The summed E-state index contributed by atoms with van der Waals surface area (Å²) >= 11 is 0. The zero-order valence-corrected chi connectivity index (χ0v) is 8.01. The Morgan fingerprint density at radius 1 is 1.18 bits per heavy atom. The van der Waals surface area contributed by atoms with Crippen molar-refractivity contribution in [3.8, 4) is 0 Å². The van der Waals surface area contributed by atoms with Crippen LogP contribution in [-0.2, 0) is 0 Å². The lowest BCUT2D eigenvalue weighted by Gasteiger charge is -2.37. The average Bonchev–Trinajstić information content (AvgIpc) is 2.01. The predicted octanol–water partition coefficient (Wildman–Crippen LogP) is 2.41. The minimum absolute atomic E-state index is 0.466. The monoisotopic (exact) mass is 155 g/mol. The van der Waals surface area contributed by atoms with Crippen molar-refractivity contribution >= 4 is 0 Å². The van der Waals surface area contributed by atoms with Gasteiger partial charge in [-0.2, -0.15) is 0 Å². The lowest BCUT2D eigenvalue weighted by atomic mass is 9.70. The van der Waals surface area contributed by atoms with Gasteiger partial charge in [0.25, 0.3) is 0 Å². The van der Waals surface area contributed by atoms with Gasteiger partial charge in [-0.15, -0.1) is 0 Å². The summed E-state index contributed by atoms with van der Waals surface area (Å²) in [6, 6.07) is 0.466. The summed E-state index contributed by atoms with van der Waals surface area (Å²) in [7, 11) is 0. The molecule has 4 atom stereocenters. The minimum Gasteiger partial charge on any atom is -0.327 e. The molecule has 2 N–H and O–H groups in total. The third-order valence-corrected chi connectivity index (χ3v) is 3.64. The molecule has 0 radical (unpaired) electrons. The summed E-state index contributed by atoms with van der Waals surface area (Å²) in [5.41, 5.74) is 5.99. The molecule has 4 unspecified atom stereocenters. The van der Waals surface area contributed by atoms with Crippen LogP contribution in [0.25, 0.3) is 0 Å². The molecule has 1 rings (SSSR count). The zero-order valence-electron chi connectivity index (χ0n) is 8.01. The van der Waals surface area contributed by atoms with E-state index in [4.69, 9.17) is 5.73 Å². The van der Waals surface area contributed by atoms with Crippen LogP contribution >= 0.6 is 0 Å². The van der Waals surface area contributed by atoms with E-state index in [1.54, 1.807) is 0 Å². The summed E-state index contributed by atoms with van der Waals surface area (Å²) in [6.45, 7) is 6.96. The van der Waals surface area contributed by atoms with Gasteiger partial charge in [-0.1, -0.05) is 27.2 Å². The second-order valence-electron chi connectivity index (χ2n) is 4.13. The van der Waals surface area contributed by atoms with Crippen molar-refractivity contribution in [1.29, 1.82) is 0 Å². The van der Waals surface area contributed by atoms with Crippen LogP contribution in [0.4, 0.5) is 0 Å². The van der Waals surface area contributed by atoms with Gasteiger partial charge < -0.3 is 5.73 Å². The molecule has 0 heterocycles. The van der Waals surface area contributed by atoms with E-state index in [1.165, 1.54) is 19.3 Å². The van der Waals surface area contributed by atoms with Crippen LogP contribution in [0, 0.1) is 17.8 Å². The molecule has 1 saturated carbocycles. The highest BCUT2D eigenvalue weighted by Crippen LogP contribution is 2.35. The largest absolute Gasteiger partial charge is 0.327 e. The van der Waals surface area contributed by atoms with Gasteiger partial charge in [0.1, 0.15) is 0 Å². The lowest BCUT2D eigenvalue weighted by molar-refractivity contribution is 0.154. The molecule has 1 fully saturated rings. The van der Waals surface area contributed by atoms with E-state index in [0.717, 1.165) is 17.8 Å². The fourth-order valence-electron chi connectivity index (χ4n) is 2.33. The Balaban J connectivity index is 2.52. The first-order valence-corrected chi connectivity index (χ1v) is 4.92. The third kappa shape index (κ3) is 1.76. The van der Waals surface area contributed by atoms with Crippen molar-refractivity contribution in [3.63, 3.8) is 0 Å². The Labute approximate surface area is 70.4 Å². The molecule has 11 heavy (non-hydrogen) atoms. The molecule has 1 aliphatic carbocycles. The van der Waals surface area contributed by atoms with Crippen molar-refractivity contribution < 1.29 is 0 Å². The van der Waals surface area contributed by atoms with Gasteiger partial charge in [0.15, 0.2) is 0 Å². The van der Waals surface area contributed by atoms with Gasteiger partial charge in [-0.3, -0.25) is 0 Å². The van der Waals surface area contributed by atoms with Crippen LogP contribution in [0.1, 0.15) is 40.0 Å². The highest BCUT2D eigenvalue weighted by atomic mass is 14.7. The first kappa shape index (κ1) is 9.05. The standard InChI is InChI=1S/C10H21N/c1-4-9-5-6-10(11)8(3)7(9)2/h7-10H,4-6,11H2,1-3H3. The minimum atomic E-state index is 0.466. The Kier molecular flexibility index (Phi) is 2.94. The first-order valence-electron chi connectivity index (χ1n) is 4.92. The van der Waals surface area contributed by atoms with Crippen molar-refractivity contribution in [2.45, 2.75) is 46.1 Å². The molecule has 0 saturated heterocycles. The van der Waals surface area contributed by atoms with Gasteiger partial charge in [-0.25, -0.2) is 0 Å². The van der Waals surface area contributed by atoms with Gasteiger partial charge in [0, 0.05) is 6.04 Å². The molecule has 0 aromatic rings. The molecule has 1 nitrogen and oxygen atoms in total. The third-order valence-electron chi connectivity index (χ3n) is 3.64. The second-order valence-corrected chi connectivity index (χ2v) is 4.13. The predicted molar refractivity (Wildman–Crippen MR) is 49.3 cm³/mol. The summed E-state index contributed by atoms with van der Waals surface area (Å²) in [5.74, 6) is 2.50. The first-order chi connectivity index (χ1) is 5.16. The summed E-state index contributed by atoms with van der Waals surface area (Å²) < 4.78 is 0. The van der Waals surface area contributed by atoms with E-state index in [0.29, 0.717) is 6.04 Å². The van der Waals surface area contributed by atoms with E-state index in [9.17, 15) is 0 Å². The highest BCUT2D eigenvalue weighted by Gasteiger charge is 2.30. The van der Waals surface area contributed by atoms with Gasteiger partial charge in [0.2, 0.25) is 0 Å². The maximum atomic E-state index is 5.99. The van der Waals surface area contributed by atoms with E-state index >= 15 is 0 Å². The van der Waals surface area contributed by atoms with Crippen molar-refractivity contribution in [2.24, 2.45) is 23.5 Å². The molecular formula is C10H21N. The Bertz CT molecular complexity index is 120. The van der Waals surface area contributed by atoms with Crippen LogP contribution in [0.3, 0.4) is 0 Å². The van der Waals surface area contributed by atoms with Crippen LogP contribution in [0.5, 0.6) is 0 Å². The van der Waals surface area contributed by atoms with Gasteiger partial charge in [0.05, 0.1) is 0 Å². The zero-order chi connectivity index (χ0) is 8.43. The summed E-state index contributed by atoms with van der Waals surface area (Å²) in [4.78, 5) is 0. The highest BCUT2D eigenvalue weighted by molar-refractivity contribution is 4.84. The molecule has 0 aliphatic heterocycles. The Hall–Kier alpha value is -0.0400. The van der Waals surface area contributed by atoms with E-state index in [-0.39, 0.29) is 0 Å². The summed E-state index contributed by atoms with van der Waals surface area (Å²) in [5, 5.41) is 0. The molecule has 0 aromatic heterocycles. The van der Waals surface area contributed by atoms with Crippen LogP contribution in [0.15, 0.2) is 0 Å². The molecule has 0 bridgehead atoms. The van der Waals surface area contributed by atoms with E-state index in [1.807, 2.05) is 0 Å². The number of hydrogen-bond acceptors (Lipinski definition) is 1. The van der Waals surface area contributed by atoms with Crippen molar-refractivity contribution in [1.82, 2.24) is 0 Å². The number of rotatable bonds is 1. The van der Waals surface area contributed by atoms with Crippen LogP contribution in [-0.4, -0.2) is 6.04 Å². The van der Waals surface area contributed by atoms with Crippen LogP contribution in [0.2, 0.25) is 0 Å². The molecule has 66 valence electrons. The number of hydrogen-bond donors (Lipinski definition) is 1.